The number of carbonyl (C=O) groups excluding carboxylic acids is 1. The van der Waals surface area contributed by atoms with Crippen LogP contribution >= 0.6 is 0 Å². The van der Waals surface area contributed by atoms with Crippen molar-refractivity contribution in [2.45, 2.75) is 45.7 Å². The van der Waals surface area contributed by atoms with Crippen LogP contribution in [0, 0.1) is 11.8 Å². The van der Waals surface area contributed by atoms with Crippen LogP contribution in [0.15, 0.2) is 21.9 Å². The Bertz CT molecular complexity index is 632. The third kappa shape index (κ3) is 3.43. The van der Waals surface area contributed by atoms with E-state index < -0.39 is 5.69 Å². The maximum atomic E-state index is 12.1. The van der Waals surface area contributed by atoms with Gasteiger partial charge in [-0.2, -0.15) is 0 Å². The zero-order valence-electron chi connectivity index (χ0n) is 12.8. The predicted molar refractivity (Wildman–Crippen MR) is 80.1 cm³/mol. The lowest BCUT2D eigenvalue weighted by atomic mass is 9.78. The van der Waals surface area contributed by atoms with Gasteiger partial charge >= 0.3 is 5.69 Å². The minimum atomic E-state index is -0.470. The molecule has 6 nitrogen and oxygen atoms in total. The molecule has 0 aliphatic heterocycles. The molecule has 3 unspecified atom stereocenters. The molecule has 1 aromatic heterocycles. The highest BCUT2D eigenvalue weighted by atomic mass is 16.2. The third-order valence-corrected chi connectivity index (χ3v) is 4.63. The first-order chi connectivity index (χ1) is 9.90. The second-order valence-corrected chi connectivity index (χ2v) is 6.06. The second kappa shape index (κ2) is 6.28. The molecule has 1 aliphatic rings. The highest BCUT2D eigenvalue weighted by molar-refractivity contribution is 5.76. The molecule has 1 heterocycles. The quantitative estimate of drug-likeness (QED) is 0.881. The summed E-state index contributed by atoms with van der Waals surface area (Å²) in [5.74, 6) is 0.866. The normalized spacial score (nSPS) is 25.6. The van der Waals surface area contributed by atoms with Gasteiger partial charge in [-0.25, -0.2) is 4.79 Å². The van der Waals surface area contributed by atoms with Crippen molar-refractivity contribution in [1.29, 1.82) is 0 Å². The van der Waals surface area contributed by atoms with Crippen molar-refractivity contribution in [1.82, 2.24) is 14.5 Å². The predicted octanol–water partition coefficient (Wildman–Crippen LogP) is 0.488. The average Bonchev–Trinajstić information content (AvgIpc) is 2.45. The first-order valence-electron chi connectivity index (χ1n) is 7.46. The van der Waals surface area contributed by atoms with Crippen LogP contribution in [0.5, 0.6) is 0 Å². The average molecular weight is 293 g/mol. The van der Waals surface area contributed by atoms with E-state index in [0.717, 1.165) is 17.4 Å². The van der Waals surface area contributed by atoms with E-state index in [1.54, 1.807) is 0 Å². The molecule has 1 N–H and O–H groups in total. The van der Waals surface area contributed by atoms with Crippen molar-refractivity contribution in [3.05, 3.63) is 33.1 Å². The Kier molecular flexibility index (Phi) is 4.65. The smallest absolute Gasteiger partial charge is 0.331 e. The Hall–Kier alpha value is -1.85. The number of nitrogens with one attached hydrogen (secondary N) is 1. The van der Waals surface area contributed by atoms with Crippen molar-refractivity contribution in [3.8, 4) is 0 Å². The Morgan fingerprint density at radius 1 is 1.33 bits per heavy atom. The van der Waals surface area contributed by atoms with Crippen LogP contribution in [-0.4, -0.2) is 21.1 Å². The lowest BCUT2D eigenvalue weighted by Gasteiger charge is -2.34. The fourth-order valence-electron chi connectivity index (χ4n) is 2.93. The van der Waals surface area contributed by atoms with E-state index in [1.165, 1.54) is 30.3 Å². The van der Waals surface area contributed by atoms with Crippen molar-refractivity contribution in [2.75, 3.05) is 0 Å². The first kappa shape index (κ1) is 15.5. The molecule has 1 aromatic rings. The van der Waals surface area contributed by atoms with Gasteiger partial charge in [0.15, 0.2) is 0 Å². The van der Waals surface area contributed by atoms with Crippen LogP contribution in [-0.2, 0) is 18.4 Å². The number of hydrogen-bond donors (Lipinski definition) is 1. The second-order valence-electron chi connectivity index (χ2n) is 6.06. The van der Waals surface area contributed by atoms with E-state index in [4.69, 9.17) is 0 Å². The summed E-state index contributed by atoms with van der Waals surface area (Å²) in [5.41, 5.74) is -0.839. The van der Waals surface area contributed by atoms with E-state index in [2.05, 4.69) is 19.2 Å². The van der Waals surface area contributed by atoms with Crippen molar-refractivity contribution in [2.24, 2.45) is 18.9 Å². The number of carbonyl (C=O) groups is 1. The zero-order chi connectivity index (χ0) is 15.6. The van der Waals surface area contributed by atoms with Gasteiger partial charge in [0.2, 0.25) is 5.91 Å². The number of rotatable bonds is 3. The van der Waals surface area contributed by atoms with Crippen LogP contribution in [0.1, 0.15) is 33.1 Å². The Labute approximate surface area is 123 Å². The van der Waals surface area contributed by atoms with Gasteiger partial charge in [0.25, 0.3) is 5.56 Å². The molecule has 0 spiro atoms. The highest BCUT2D eigenvalue weighted by Gasteiger charge is 2.28. The van der Waals surface area contributed by atoms with Crippen LogP contribution in [0.3, 0.4) is 0 Å². The largest absolute Gasteiger partial charge is 0.352 e. The van der Waals surface area contributed by atoms with Gasteiger partial charge in [-0.15, -0.1) is 0 Å². The third-order valence-electron chi connectivity index (χ3n) is 4.63. The van der Waals surface area contributed by atoms with E-state index in [9.17, 15) is 14.4 Å². The van der Waals surface area contributed by atoms with Gasteiger partial charge < -0.3 is 5.32 Å². The number of hydrogen-bond acceptors (Lipinski definition) is 3. The molecule has 6 heteroatoms. The van der Waals surface area contributed by atoms with Crippen LogP contribution in [0.25, 0.3) is 0 Å². The number of amides is 1. The standard InChI is InChI=1S/C15H23N3O3/c1-10-5-4-6-12(11(10)2)16-13(19)9-18-8-7-14(20)17(3)15(18)21/h7-8,10-12H,4-6,9H2,1-3H3,(H,16,19). The van der Waals surface area contributed by atoms with Crippen LogP contribution in [0.2, 0.25) is 0 Å². The fourth-order valence-corrected chi connectivity index (χ4v) is 2.93. The maximum Gasteiger partial charge on any atom is 0.331 e. The summed E-state index contributed by atoms with van der Waals surface area (Å²) in [4.78, 5) is 35.3. The van der Waals surface area contributed by atoms with Crippen LogP contribution < -0.4 is 16.6 Å². The van der Waals surface area contributed by atoms with Crippen LogP contribution in [0.4, 0.5) is 0 Å². The van der Waals surface area contributed by atoms with Crippen molar-refractivity contribution < 1.29 is 4.79 Å². The first-order valence-corrected chi connectivity index (χ1v) is 7.46. The molecule has 0 bridgehead atoms. The van der Waals surface area contributed by atoms with E-state index in [-0.39, 0.29) is 24.1 Å². The molecular formula is C15H23N3O3. The molecule has 2 rings (SSSR count). The molecule has 0 saturated heterocycles. The summed E-state index contributed by atoms with van der Waals surface area (Å²) in [6.45, 7) is 4.32. The summed E-state index contributed by atoms with van der Waals surface area (Å²) >= 11 is 0. The molecule has 0 aromatic carbocycles. The topological polar surface area (TPSA) is 73.1 Å². The van der Waals surface area contributed by atoms with Gasteiger partial charge in [0.1, 0.15) is 6.54 Å². The summed E-state index contributed by atoms with van der Waals surface area (Å²) in [5, 5.41) is 3.02. The zero-order valence-corrected chi connectivity index (χ0v) is 12.8. The number of nitrogens with zero attached hydrogens (tertiary/aromatic N) is 2. The molecule has 1 aliphatic carbocycles. The molecule has 21 heavy (non-hydrogen) atoms. The van der Waals surface area contributed by atoms with E-state index in [1.807, 2.05) is 0 Å². The SMILES string of the molecule is CC1CCCC(NC(=O)Cn2ccc(=O)n(C)c2=O)C1C. The lowest BCUT2D eigenvalue weighted by molar-refractivity contribution is -0.123. The number of aromatic nitrogens is 2. The molecule has 1 saturated carbocycles. The highest BCUT2D eigenvalue weighted by Crippen LogP contribution is 2.29. The molecular weight excluding hydrogens is 270 g/mol. The Balaban J connectivity index is 2.04. The summed E-state index contributed by atoms with van der Waals surface area (Å²) in [7, 11) is 1.41. The van der Waals surface area contributed by atoms with Gasteiger partial charge in [-0.05, 0) is 18.3 Å². The lowest BCUT2D eigenvalue weighted by Crippen LogP contribution is -2.46. The summed E-state index contributed by atoms with van der Waals surface area (Å²) < 4.78 is 2.26. The van der Waals surface area contributed by atoms with Gasteiger partial charge in [0.05, 0.1) is 0 Å². The monoisotopic (exact) mass is 293 g/mol. The molecule has 3 atom stereocenters. The molecule has 1 fully saturated rings. The molecule has 0 radical (unpaired) electrons. The minimum absolute atomic E-state index is 0.0510. The maximum absolute atomic E-state index is 12.1. The van der Waals surface area contributed by atoms with Gasteiger partial charge in [0, 0.05) is 25.4 Å². The molecule has 116 valence electrons. The minimum Gasteiger partial charge on any atom is -0.352 e. The Morgan fingerprint density at radius 2 is 2.05 bits per heavy atom. The van der Waals surface area contributed by atoms with Gasteiger partial charge in [-0.1, -0.05) is 26.7 Å². The fraction of sp³-hybridized carbons (Fsp3) is 0.667. The van der Waals surface area contributed by atoms with E-state index in [0.29, 0.717) is 11.8 Å². The van der Waals surface area contributed by atoms with Crippen molar-refractivity contribution in [3.63, 3.8) is 0 Å². The van der Waals surface area contributed by atoms with Crippen molar-refractivity contribution >= 4 is 5.91 Å². The summed E-state index contributed by atoms with van der Waals surface area (Å²) in [6, 6.07) is 1.46. The van der Waals surface area contributed by atoms with Gasteiger partial charge in [-0.3, -0.25) is 18.7 Å². The van der Waals surface area contributed by atoms with E-state index >= 15 is 0 Å². The molecule has 1 amide bonds. The summed E-state index contributed by atoms with van der Waals surface area (Å²) in [6.07, 6.45) is 4.68. The Morgan fingerprint density at radius 3 is 2.76 bits per heavy atom.